The van der Waals surface area contributed by atoms with Crippen LogP contribution in [0, 0.1) is 0 Å². The molecule has 0 unspecified atom stereocenters. The minimum atomic E-state index is -0.836. The Bertz CT molecular complexity index is 789. The van der Waals surface area contributed by atoms with Crippen LogP contribution in [0.2, 0.25) is 0 Å². The van der Waals surface area contributed by atoms with Gasteiger partial charge >= 0.3 is 17.8 Å². The molecule has 0 atom stereocenters. The van der Waals surface area contributed by atoms with Gasteiger partial charge in [0.15, 0.2) is 0 Å². The molecule has 0 bridgehead atoms. The third-order valence-electron chi connectivity index (χ3n) is 3.38. The minimum Gasteiger partial charge on any atom is -0.496 e. The van der Waals surface area contributed by atoms with Crippen LogP contribution < -0.4 is 15.4 Å². The first-order valence-electron chi connectivity index (χ1n) is 7.44. The van der Waals surface area contributed by atoms with Crippen LogP contribution in [0.15, 0.2) is 48.5 Å². The van der Waals surface area contributed by atoms with Gasteiger partial charge in [-0.05, 0) is 24.3 Å². The molecule has 0 aliphatic rings. The zero-order chi connectivity index (χ0) is 18.2. The summed E-state index contributed by atoms with van der Waals surface area (Å²) in [5.74, 6) is -1.54. The zero-order valence-corrected chi connectivity index (χ0v) is 13.9. The lowest BCUT2D eigenvalue weighted by Gasteiger charge is -2.10. The highest BCUT2D eigenvalue weighted by Crippen LogP contribution is 2.16. The molecule has 2 N–H and O–H groups in total. The van der Waals surface area contributed by atoms with Crippen molar-refractivity contribution >= 4 is 23.5 Å². The smallest absolute Gasteiger partial charge is 0.337 e. The molecular weight excluding hydrogens is 324 g/mol. The number of rotatable bonds is 5. The molecule has 2 aromatic carbocycles. The fraction of sp³-hybridized carbons (Fsp3) is 0.167. The molecule has 0 saturated heterocycles. The van der Waals surface area contributed by atoms with E-state index in [9.17, 15) is 14.4 Å². The molecule has 0 aliphatic carbocycles. The second kappa shape index (κ2) is 8.49. The quantitative estimate of drug-likeness (QED) is 0.638. The Labute approximate surface area is 144 Å². The number of hydrogen-bond donors (Lipinski definition) is 2. The van der Waals surface area contributed by atoms with Crippen LogP contribution in [0.4, 0.5) is 5.69 Å². The second-order valence-electron chi connectivity index (χ2n) is 5.02. The van der Waals surface area contributed by atoms with E-state index in [1.165, 1.54) is 20.3 Å². The van der Waals surface area contributed by atoms with Gasteiger partial charge in [-0.1, -0.05) is 24.3 Å². The molecule has 25 heavy (non-hydrogen) atoms. The lowest BCUT2D eigenvalue weighted by atomic mass is 10.2. The summed E-state index contributed by atoms with van der Waals surface area (Å²) < 4.78 is 9.79. The molecule has 0 radical (unpaired) electrons. The third kappa shape index (κ3) is 4.81. The van der Waals surface area contributed by atoms with Crippen molar-refractivity contribution in [3.8, 4) is 5.75 Å². The molecule has 130 valence electrons. The SMILES string of the molecule is COC(=O)c1cccc(NC(=O)C(=O)NCc2ccccc2OC)c1. The largest absolute Gasteiger partial charge is 0.496 e. The summed E-state index contributed by atoms with van der Waals surface area (Å²) in [5, 5.41) is 4.96. The van der Waals surface area contributed by atoms with Gasteiger partial charge < -0.3 is 20.1 Å². The van der Waals surface area contributed by atoms with Crippen LogP contribution in [-0.2, 0) is 20.9 Å². The van der Waals surface area contributed by atoms with Crippen molar-refractivity contribution in [3.05, 3.63) is 59.7 Å². The van der Waals surface area contributed by atoms with Crippen LogP contribution in [0.25, 0.3) is 0 Å². The molecular formula is C18H18N2O5. The summed E-state index contributed by atoms with van der Waals surface area (Å²) in [6.07, 6.45) is 0. The zero-order valence-electron chi connectivity index (χ0n) is 13.9. The normalized spacial score (nSPS) is 9.84. The first-order valence-corrected chi connectivity index (χ1v) is 7.44. The first-order chi connectivity index (χ1) is 12.0. The molecule has 0 aliphatic heterocycles. The van der Waals surface area contributed by atoms with E-state index >= 15 is 0 Å². The number of anilines is 1. The molecule has 2 amide bonds. The van der Waals surface area contributed by atoms with Crippen molar-refractivity contribution < 1.29 is 23.9 Å². The lowest BCUT2D eigenvalue weighted by molar-refractivity contribution is -0.136. The molecule has 7 nitrogen and oxygen atoms in total. The number of carbonyl (C=O) groups excluding carboxylic acids is 3. The van der Waals surface area contributed by atoms with Crippen molar-refractivity contribution in [2.75, 3.05) is 19.5 Å². The van der Waals surface area contributed by atoms with Gasteiger partial charge in [-0.25, -0.2) is 4.79 Å². The maximum Gasteiger partial charge on any atom is 0.337 e. The number of para-hydroxylation sites is 1. The van der Waals surface area contributed by atoms with E-state index in [-0.39, 0.29) is 12.1 Å². The van der Waals surface area contributed by atoms with Gasteiger partial charge in [-0.3, -0.25) is 9.59 Å². The van der Waals surface area contributed by atoms with E-state index in [2.05, 4.69) is 15.4 Å². The molecule has 0 saturated carbocycles. The maximum atomic E-state index is 12.0. The van der Waals surface area contributed by atoms with Crippen LogP contribution in [0.3, 0.4) is 0 Å². The molecule has 7 heteroatoms. The Morgan fingerprint density at radius 2 is 1.72 bits per heavy atom. The summed E-state index contributed by atoms with van der Waals surface area (Å²) in [6.45, 7) is 0.151. The number of hydrogen-bond acceptors (Lipinski definition) is 5. The monoisotopic (exact) mass is 342 g/mol. The fourth-order valence-electron chi connectivity index (χ4n) is 2.13. The van der Waals surface area contributed by atoms with E-state index in [4.69, 9.17) is 4.74 Å². The van der Waals surface area contributed by atoms with Gasteiger partial charge in [0.05, 0.1) is 19.8 Å². The minimum absolute atomic E-state index is 0.151. The Hall–Kier alpha value is -3.35. The standard InChI is InChI=1S/C18H18N2O5/c1-24-15-9-4-3-6-13(15)11-19-16(21)17(22)20-14-8-5-7-12(10-14)18(23)25-2/h3-10H,11H2,1-2H3,(H,19,21)(H,20,22). The molecule has 0 spiro atoms. The van der Waals surface area contributed by atoms with E-state index in [1.807, 2.05) is 12.1 Å². The van der Waals surface area contributed by atoms with Gasteiger partial charge in [0.1, 0.15) is 5.75 Å². The highest BCUT2D eigenvalue weighted by atomic mass is 16.5. The Morgan fingerprint density at radius 3 is 2.44 bits per heavy atom. The Kier molecular flexibility index (Phi) is 6.11. The molecule has 2 aromatic rings. The predicted molar refractivity (Wildman–Crippen MR) is 91.3 cm³/mol. The third-order valence-corrected chi connectivity index (χ3v) is 3.38. The van der Waals surface area contributed by atoms with Gasteiger partial charge in [0.25, 0.3) is 0 Å². The van der Waals surface area contributed by atoms with Gasteiger partial charge in [-0.15, -0.1) is 0 Å². The van der Waals surface area contributed by atoms with Crippen molar-refractivity contribution in [2.24, 2.45) is 0 Å². The van der Waals surface area contributed by atoms with E-state index in [1.54, 1.807) is 30.3 Å². The average Bonchev–Trinajstić information content (AvgIpc) is 2.65. The van der Waals surface area contributed by atoms with Crippen LogP contribution in [0.1, 0.15) is 15.9 Å². The van der Waals surface area contributed by atoms with Crippen molar-refractivity contribution in [2.45, 2.75) is 6.54 Å². The van der Waals surface area contributed by atoms with Crippen LogP contribution >= 0.6 is 0 Å². The number of amides is 2. The number of esters is 1. The average molecular weight is 342 g/mol. The lowest BCUT2D eigenvalue weighted by Crippen LogP contribution is -2.35. The number of carbonyl (C=O) groups is 3. The second-order valence-corrected chi connectivity index (χ2v) is 5.02. The molecule has 0 heterocycles. The number of ether oxygens (including phenoxy) is 2. The summed E-state index contributed by atoms with van der Waals surface area (Å²) in [7, 11) is 2.79. The summed E-state index contributed by atoms with van der Waals surface area (Å²) in [4.78, 5) is 35.4. The summed E-state index contributed by atoms with van der Waals surface area (Å²) in [6, 6.07) is 13.3. The van der Waals surface area contributed by atoms with Crippen molar-refractivity contribution in [3.63, 3.8) is 0 Å². The predicted octanol–water partition coefficient (Wildman–Crippen LogP) is 1.74. The van der Waals surface area contributed by atoms with Gasteiger partial charge in [0, 0.05) is 17.8 Å². The van der Waals surface area contributed by atoms with E-state index in [0.29, 0.717) is 11.4 Å². The van der Waals surface area contributed by atoms with Crippen LogP contribution in [0.5, 0.6) is 5.75 Å². The number of methoxy groups -OCH3 is 2. The first kappa shape index (κ1) is 18.0. The Morgan fingerprint density at radius 1 is 0.960 bits per heavy atom. The van der Waals surface area contributed by atoms with Crippen LogP contribution in [-0.4, -0.2) is 32.0 Å². The van der Waals surface area contributed by atoms with Crippen molar-refractivity contribution in [1.82, 2.24) is 5.32 Å². The highest BCUT2D eigenvalue weighted by Gasteiger charge is 2.15. The van der Waals surface area contributed by atoms with Gasteiger partial charge in [0.2, 0.25) is 0 Å². The number of benzene rings is 2. The van der Waals surface area contributed by atoms with Crippen molar-refractivity contribution in [1.29, 1.82) is 0 Å². The van der Waals surface area contributed by atoms with E-state index < -0.39 is 17.8 Å². The van der Waals surface area contributed by atoms with Gasteiger partial charge in [-0.2, -0.15) is 0 Å². The molecule has 0 aromatic heterocycles. The highest BCUT2D eigenvalue weighted by molar-refractivity contribution is 6.39. The summed E-state index contributed by atoms with van der Waals surface area (Å²) >= 11 is 0. The Balaban J connectivity index is 1.96. The maximum absolute atomic E-state index is 12.0. The molecule has 0 fully saturated rings. The fourth-order valence-corrected chi connectivity index (χ4v) is 2.13. The molecule has 2 rings (SSSR count). The summed E-state index contributed by atoms with van der Waals surface area (Å²) in [5.41, 5.74) is 1.34. The number of nitrogens with one attached hydrogen (secondary N) is 2. The van der Waals surface area contributed by atoms with E-state index in [0.717, 1.165) is 5.56 Å². The topological polar surface area (TPSA) is 93.7 Å².